The average Bonchev–Trinajstić information content (AvgIpc) is 3.34. The second-order valence-electron chi connectivity index (χ2n) is 9.69. The number of ether oxygens (including phenoxy) is 1. The Morgan fingerprint density at radius 3 is 1.85 bits per heavy atom. The van der Waals surface area contributed by atoms with Crippen LogP contribution in [-0.4, -0.2) is 22.4 Å². The fraction of sp³-hybridized carbons (Fsp3) is 0.448. The number of hydrogen-bond donors (Lipinski definition) is 0. The number of rotatable bonds is 4. The van der Waals surface area contributed by atoms with Crippen LogP contribution in [0.1, 0.15) is 84.2 Å². The predicted molar refractivity (Wildman–Crippen MR) is 135 cm³/mol. The van der Waals surface area contributed by atoms with Crippen LogP contribution in [0.25, 0.3) is 11.3 Å². The van der Waals surface area contributed by atoms with Gasteiger partial charge in [-0.15, -0.1) is 0 Å². The lowest BCUT2D eigenvalue weighted by molar-refractivity contribution is 0.0517. The lowest BCUT2D eigenvalue weighted by Crippen LogP contribution is -2.13. The van der Waals surface area contributed by atoms with Crippen molar-refractivity contribution in [3.05, 3.63) is 72.5 Å². The largest absolute Gasteiger partial charge is 0.461 e. The Bertz CT molecular complexity index is 1300. The SMILES string of the molecule is CCOC(=O)c1nn(Cc2c(C)c(C)c(C)c(C)c2C)c2c1Cc1c(C)c(C)c(C)c(C)c1-2. The van der Waals surface area contributed by atoms with Crippen LogP contribution in [0, 0.1) is 62.3 Å². The van der Waals surface area contributed by atoms with E-state index >= 15 is 0 Å². The summed E-state index contributed by atoms with van der Waals surface area (Å²) in [5.41, 5.74) is 18.3. The Kier molecular flexibility index (Phi) is 5.76. The molecule has 0 atom stereocenters. The summed E-state index contributed by atoms with van der Waals surface area (Å²) in [6.07, 6.45) is 0.733. The summed E-state index contributed by atoms with van der Waals surface area (Å²) in [4.78, 5) is 12.9. The highest BCUT2D eigenvalue weighted by Gasteiger charge is 2.34. The normalized spacial score (nSPS) is 12.2. The third-order valence-electron chi connectivity index (χ3n) is 8.39. The Morgan fingerprint density at radius 2 is 1.27 bits per heavy atom. The van der Waals surface area contributed by atoms with Gasteiger partial charge in [0.1, 0.15) is 0 Å². The van der Waals surface area contributed by atoms with Crippen molar-refractivity contribution in [1.29, 1.82) is 0 Å². The van der Waals surface area contributed by atoms with Gasteiger partial charge in [-0.3, -0.25) is 4.68 Å². The van der Waals surface area contributed by atoms with Gasteiger partial charge in [0, 0.05) is 17.5 Å². The summed E-state index contributed by atoms with van der Waals surface area (Å²) in [7, 11) is 0. The summed E-state index contributed by atoms with van der Waals surface area (Å²) in [5.74, 6) is -0.325. The van der Waals surface area contributed by atoms with Crippen molar-refractivity contribution < 1.29 is 9.53 Å². The highest BCUT2D eigenvalue weighted by atomic mass is 16.5. The van der Waals surface area contributed by atoms with Crippen molar-refractivity contribution in [2.45, 2.75) is 82.2 Å². The highest BCUT2D eigenvalue weighted by molar-refractivity contribution is 5.94. The molecule has 0 unspecified atom stereocenters. The standard InChI is InChI=1S/C29H36N2O2/c1-11-33-29(32)27-24-12-23-19(7)17(5)18(6)22(10)26(23)28(24)31(30-27)13-25-20(8)15(3)14(2)16(4)21(25)9/h11-13H2,1-10H3. The molecule has 0 fully saturated rings. The van der Waals surface area contributed by atoms with Gasteiger partial charge in [-0.2, -0.15) is 5.10 Å². The zero-order chi connectivity index (χ0) is 24.4. The van der Waals surface area contributed by atoms with Gasteiger partial charge in [0.25, 0.3) is 0 Å². The van der Waals surface area contributed by atoms with E-state index in [4.69, 9.17) is 9.84 Å². The molecule has 0 aliphatic heterocycles. The number of esters is 1. The number of carbonyl (C=O) groups is 1. The lowest BCUT2D eigenvalue weighted by atomic mass is 9.89. The van der Waals surface area contributed by atoms with Crippen LogP contribution in [0.4, 0.5) is 0 Å². The predicted octanol–water partition coefficient (Wildman–Crippen LogP) is 6.46. The van der Waals surface area contributed by atoms with Gasteiger partial charge in [-0.05, 0) is 130 Å². The molecule has 1 heterocycles. The van der Waals surface area contributed by atoms with Gasteiger partial charge in [-0.1, -0.05) is 0 Å². The van der Waals surface area contributed by atoms with Crippen molar-refractivity contribution in [2.24, 2.45) is 0 Å². The molecule has 2 aromatic carbocycles. The quantitative estimate of drug-likeness (QED) is 0.340. The topological polar surface area (TPSA) is 44.1 Å². The first-order valence-electron chi connectivity index (χ1n) is 11.9. The fourth-order valence-corrected chi connectivity index (χ4v) is 5.50. The van der Waals surface area contributed by atoms with E-state index in [0.29, 0.717) is 18.8 Å². The van der Waals surface area contributed by atoms with Crippen LogP contribution in [-0.2, 0) is 17.7 Å². The molecule has 3 aromatic rings. The first kappa shape index (κ1) is 23.3. The van der Waals surface area contributed by atoms with Gasteiger partial charge < -0.3 is 4.74 Å². The molecule has 0 amide bonds. The second kappa shape index (κ2) is 8.16. The lowest BCUT2D eigenvalue weighted by Gasteiger charge is -2.21. The maximum atomic E-state index is 12.9. The Labute approximate surface area is 198 Å². The smallest absolute Gasteiger partial charge is 0.359 e. The van der Waals surface area contributed by atoms with Crippen LogP contribution in [0.3, 0.4) is 0 Å². The van der Waals surface area contributed by atoms with Crippen LogP contribution >= 0.6 is 0 Å². The van der Waals surface area contributed by atoms with Crippen LogP contribution < -0.4 is 0 Å². The van der Waals surface area contributed by atoms with Gasteiger partial charge in [-0.25, -0.2) is 4.79 Å². The number of fused-ring (bicyclic) bond motifs is 3. The van der Waals surface area contributed by atoms with Crippen molar-refractivity contribution in [3.8, 4) is 11.3 Å². The molecule has 1 aliphatic carbocycles. The van der Waals surface area contributed by atoms with Crippen molar-refractivity contribution in [3.63, 3.8) is 0 Å². The average molecular weight is 445 g/mol. The van der Waals surface area contributed by atoms with Gasteiger partial charge in [0.2, 0.25) is 0 Å². The molecule has 0 radical (unpaired) electrons. The summed E-state index contributed by atoms with van der Waals surface area (Å²) in [6, 6.07) is 0. The number of hydrogen-bond acceptors (Lipinski definition) is 3. The third kappa shape index (κ3) is 3.34. The molecular weight excluding hydrogens is 408 g/mol. The molecule has 0 saturated heterocycles. The van der Waals surface area contributed by atoms with Gasteiger partial charge in [0.05, 0.1) is 18.8 Å². The molecule has 1 aromatic heterocycles. The molecule has 0 saturated carbocycles. The third-order valence-corrected chi connectivity index (χ3v) is 8.39. The Balaban J connectivity index is 1.99. The van der Waals surface area contributed by atoms with Gasteiger partial charge in [0.15, 0.2) is 5.69 Å². The number of benzene rings is 2. The van der Waals surface area contributed by atoms with Crippen molar-refractivity contribution in [2.75, 3.05) is 6.61 Å². The van der Waals surface area contributed by atoms with Gasteiger partial charge >= 0.3 is 5.97 Å². The fourth-order valence-electron chi connectivity index (χ4n) is 5.50. The van der Waals surface area contributed by atoms with E-state index in [0.717, 1.165) is 17.7 Å². The van der Waals surface area contributed by atoms with E-state index in [1.807, 2.05) is 6.92 Å². The second-order valence-corrected chi connectivity index (χ2v) is 9.69. The number of nitrogens with zero attached hydrogens (tertiary/aromatic N) is 2. The summed E-state index contributed by atoms with van der Waals surface area (Å²) < 4.78 is 7.48. The first-order chi connectivity index (χ1) is 15.5. The van der Waals surface area contributed by atoms with Crippen molar-refractivity contribution >= 4 is 5.97 Å². The molecule has 4 rings (SSSR count). The van der Waals surface area contributed by atoms with Crippen LogP contribution in [0.5, 0.6) is 0 Å². The highest BCUT2D eigenvalue weighted by Crippen LogP contribution is 2.45. The zero-order valence-electron chi connectivity index (χ0n) is 21.8. The van der Waals surface area contributed by atoms with E-state index in [1.165, 1.54) is 66.8 Å². The van der Waals surface area contributed by atoms with E-state index in [1.54, 1.807) is 0 Å². The zero-order valence-corrected chi connectivity index (χ0v) is 21.8. The summed E-state index contributed by atoms with van der Waals surface area (Å²) >= 11 is 0. The maximum absolute atomic E-state index is 12.9. The molecule has 4 nitrogen and oxygen atoms in total. The monoisotopic (exact) mass is 444 g/mol. The van der Waals surface area contributed by atoms with E-state index in [2.05, 4.69) is 67.0 Å². The molecule has 1 aliphatic rings. The molecule has 0 bridgehead atoms. The maximum Gasteiger partial charge on any atom is 0.359 e. The van der Waals surface area contributed by atoms with E-state index < -0.39 is 0 Å². The molecule has 0 N–H and O–H groups in total. The van der Waals surface area contributed by atoms with Crippen LogP contribution in [0.15, 0.2) is 0 Å². The number of carbonyl (C=O) groups excluding carboxylic acids is 1. The molecule has 33 heavy (non-hydrogen) atoms. The molecular formula is C29H36N2O2. The summed E-state index contributed by atoms with van der Waals surface area (Å²) in [6.45, 7) is 22.7. The van der Waals surface area contributed by atoms with Crippen molar-refractivity contribution in [1.82, 2.24) is 9.78 Å². The summed E-state index contributed by atoms with van der Waals surface area (Å²) in [5, 5.41) is 4.87. The Hall–Kier alpha value is -2.88. The molecule has 174 valence electrons. The Morgan fingerprint density at radius 1 is 0.758 bits per heavy atom. The van der Waals surface area contributed by atoms with E-state index in [-0.39, 0.29) is 5.97 Å². The minimum atomic E-state index is -0.325. The van der Waals surface area contributed by atoms with Crippen LogP contribution in [0.2, 0.25) is 0 Å². The number of aromatic nitrogens is 2. The first-order valence-corrected chi connectivity index (χ1v) is 11.9. The van der Waals surface area contributed by atoms with E-state index in [9.17, 15) is 4.79 Å². The minimum absolute atomic E-state index is 0.325. The molecule has 4 heteroatoms. The minimum Gasteiger partial charge on any atom is -0.461 e. The molecule has 0 spiro atoms.